The van der Waals surface area contributed by atoms with Gasteiger partial charge in [0.05, 0.1) is 30.3 Å². The van der Waals surface area contributed by atoms with Crippen molar-refractivity contribution >= 4 is 16.8 Å². The van der Waals surface area contributed by atoms with Crippen molar-refractivity contribution in [3.63, 3.8) is 0 Å². The predicted molar refractivity (Wildman–Crippen MR) is 86.8 cm³/mol. The van der Waals surface area contributed by atoms with Crippen molar-refractivity contribution in [1.82, 2.24) is 15.5 Å². The van der Waals surface area contributed by atoms with Crippen LogP contribution in [0.25, 0.3) is 10.9 Å². The highest BCUT2D eigenvalue weighted by atomic mass is 16.3. The molecule has 1 amide bonds. The molecule has 0 spiro atoms. The number of aromatic amines is 1. The summed E-state index contributed by atoms with van der Waals surface area (Å²) in [4.78, 5) is 12.4. The maximum atomic E-state index is 12.4. The maximum absolute atomic E-state index is 12.4. The van der Waals surface area contributed by atoms with Crippen molar-refractivity contribution in [2.45, 2.75) is 25.0 Å². The van der Waals surface area contributed by atoms with Crippen molar-refractivity contribution in [2.24, 2.45) is 0 Å². The molecule has 0 saturated heterocycles. The van der Waals surface area contributed by atoms with Crippen molar-refractivity contribution in [3.8, 4) is 0 Å². The van der Waals surface area contributed by atoms with E-state index in [1.165, 1.54) is 0 Å². The maximum Gasteiger partial charge on any atom is 0.224 e. The highest BCUT2D eigenvalue weighted by Gasteiger charge is 2.31. The van der Waals surface area contributed by atoms with Gasteiger partial charge in [0.1, 0.15) is 0 Å². The normalized spacial score (nSPS) is 19.7. The monoisotopic (exact) mass is 307 g/mol. The van der Waals surface area contributed by atoms with Gasteiger partial charge in [-0.3, -0.25) is 9.89 Å². The summed E-state index contributed by atoms with van der Waals surface area (Å²) in [5, 5.41) is 21.0. The predicted octanol–water partition coefficient (Wildman–Crippen LogP) is 1.88. The smallest absolute Gasteiger partial charge is 0.224 e. The van der Waals surface area contributed by atoms with Crippen LogP contribution in [-0.2, 0) is 17.6 Å². The van der Waals surface area contributed by atoms with Gasteiger partial charge in [0.2, 0.25) is 5.91 Å². The van der Waals surface area contributed by atoms with Crippen molar-refractivity contribution in [2.75, 3.05) is 0 Å². The van der Waals surface area contributed by atoms with Crippen LogP contribution in [0.3, 0.4) is 0 Å². The molecule has 23 heavy (non-hydrogen) atoms. The zero-order chi connectivity index (χ0) is 15.8. The van der Waals surface area contributed by atoms with Crippen LogP contribution in [0.1, 0.15) is 22.7 Å². The van der Waals surface area contributed by atoms with E-state index in [0.29, 0.717) is 6.42 Å². The largest absolute Gasteiger partial charge is 0.390 e. The second-order valence-corrected chi connectivity index (χ2v) is 5.98. The number of carbonyl (C=O) groups excluding carboxylic acids is 1. The molecule has 2 atom stereocenters. The Morgan fingerprint density at radius 3 is 3.09 bits per heavy atom. The minimum atomic E-state index is -0.562. The summed E-state index contributed by atoms with van der Waals surface area (Å²) in [5.41, 5.74) is 4.00. The minimum Gasteiger partial charge on any atom is -0.390 e. The van der Waals surface area contributed by atoms with E-state index in [2.05, 4.69) is 15.5 Å². The number of aliphatic hydroxyl groups excluding tert-OH is 1. The summed E-state index contributed by atoms with van der Waals surface area (Å²) in [7, 11) is 0. The van der Waals surface area contributed by atoms with Gasteiger partial charge in [-0.2, -0.15) is 5.10 Å². The van der Waals surface area contributed by atoms with Gasteiger partial charge < -0.3 is 10.4 Å². The number of hydrogen-bond donors (Lipinski definition) is 3. The van der Waals surface area contributed by atoms with Crippen LogP contribution in [0.15, 0.2) is 48.7 Å². The van der Waals surface area contributed by atoms with Crippen molar-refractivity contribution in [1.29, 1.82) is 0 Å². The molecule has 1 aliphatic carbocycles. The highest BCUT2D eigenvalue weighted by molar-refractivity contribution is 5.83. The fourth-order valence-corrected chi connectivity index (χ4v) is 3.26. The fraction of sp³-hybridized carbons (Fsp3) is 0.222. The van der Waals surface area contributed by atoms with Gasteiger partial charge in [0.25, 0.3) is 0 Å². The number of carbonyl (C=O) groups is 1. The Bertz CT molecular complexity index is 871. The van der Waals surface area contributed by atoms with E-state index < -0.39 is 6.10 Å². The minimum absolute atomic E-state index is 0.0893. The number of benzene rings is 2. The molecule has 2 unspecified atom stereocenters. The fourth-order valence-electron chi connectivity index (χ4n) is 3.26. The van der Waals surface area contributed by atoms with Gasteiger partial charge in [0.15, 0.2) is 0 Å². The van der Waals surface area contributed by atoms with Crippen LogP contribution in [0.5, 0.6) is 0 Å². The van der Waals surface area contributed by atoms with Crippen LogP contribution in [-0.4, -0.2) is 27.3 Å². The molecular formula is C18H17N3O2. The second-order valence-electron chi connectivity index (χ2n) is 5.98. The quantitative estimate of drug-likeness (QED) is 0.691. The lowest BCUT2D eigenvalue weighted by Gasteiger charge is -2.18. The molecule has 5 nitrogen and oxygen atoms in total. The molecule has 0 bridgehead atoms. The molecule has 116 valence electrons. The molecule has 0 saturated carbocycles. The molecule has 3 aromatic rings. The summed E-state index contributed by atoms with van der Waals surface area (Å²) in [6.07, 6.45) is 2.05. The first-order chi connectivity index (χ1) is 11.2. The van der Waals surface area contributed by atoms with E-state index in [1.54, 1.807) is 6.20 Å². The van der Waals surface area contributed by atoms with Crippen molar-refractivity contribution < 1.29 is 9.90 Å². The molecule has 0 radical (unpaired) electrons. The first kappa shape index (κ1) is 14.0. The number of H-pyrrole nitrogens is 1. The van der Waals surface area contributed by atoms with Gasteiger partial charge in [-0.1, -0.05) is 30.3 Å². The lowest BCUT2D eigenvalue weighted by molar-refractivity contribution is -0.121. The molecule has 1 heterocycles. The number of rotatable bonds is 3. The van der Waals surface area contributed by atoms with Crippen LogP contribution >= 0.6 is 0 Å². The number of fused-ring (bicyclic) bond motifs is 2. The van der Waals surface area contributed by atoms with E-state index in [-0.39, 0.29) is 18.4 Å². The number of amides is 1. The number of hydrogen-bond acceptors (Lipinski definition) is 3. The van der Waals surface area contributed by atoms with Crippen molar-refractivity contribution in [3.05, 3.63) is 65.4 Å². The standard InChI is InChI=1S/C18H17N3O2/c22-16-9-12-3-1-2-4-14(12)18(16)20-17(23)8-11-5-6-15-13(7-11)10-19-21-15/h1-7,10,16,18,22H,8-9H2,(H,19,21)(H,20,23). The third kappa shape index (κ3) is 2.59. The van der Waals surface area contributed by atoms with Gasteiger partial charge in [0, 0.05) is 11.8 Å². The Morgan fingerprint density at radius 2 is 2.17 bits per heavy atom. The summed E-state index contributed by atoms with van der Waals surface area (Å²) in [5.74, 6) is -0.0893. The molecular weight excluding hydrogens is 290 g/mol. The van der Waals surface area contributed by atoms with Crippen LogP contribution in [0, 0.1) is 0 Å². The third-order valence-electron chi connectivity index (χ3n) is 4.39. The summed E-state index contributed by atoms with van der Waals surface area (Å²) in [6, 6.07) is 13.3. The lowest BCUT2D eigenvalue weighted by Crippen LogP contribution is -2.34. The summed E-state index contributed by atoms with van der Waals surface area (Å²) < 4.78 is 0. The molecule has 4 rings (SSSR count). The van der Waals surface area contributed by atoms with Gasteiger partial charge in [-0.15, -0.1) is 0 Å². The molecule has 0 aliphatic heterocycles. The van der Waals surface area contributed by atoms with E-state index in [4.69, 9.17) is 0 Å². The zero-order valence-electron chi connectivity index (χ0n) is 12.5. The van der Waals surface area contributed by atoms with Crippen LogP contribution in [0.4, 0.5) is 0 Å². The Morgan fingerprint density at radius 1 is 1.30 bits per heavy atom. The van der Waals surface area contributed by atoms with E-state index >= 15 is 0 Å². The first-order valence-corrected chi connectivity index (χ1v) is 7.68. The second kappa shape index (κ2) is 5.52. The number of nitrogens with zero attached hydrogens (tertiary/aromatic N) is 1. The molecule has 2 aromatic carbocycles. The average molecular weight is 307 g/mol. The van der Waals surface area contributed by atoms with Gasteiger partial charge >= 0.3 is 0 Å². The SMILES string of the molecule is O=C(Cc1ccc2[nH]ncc2c1)NC1c2ccccc2CC1O. The first-order valence-electron chi connectivity index (χ1n) is 7.68. The Balaban J connectivity index is 1.49. The number of aromatic nitrogens is 2. The van der Waals surface area contributed by atoms with Crippen LogP contribution < -0.4 is 5.32 Å². The van der Waals surface area contributed by atoms with E-state index in [9.17, 15) is 9.90 Å². The topological polar surface area (TPSA) is 78.0 Å². The Kier molecular flexibility index (Phi) is 3.35. The summed E-state index contributed by atoms with van der Waals surface area (Å²) >= 11 is 0. The van der Waals surface area contributed by atoms with Crippen LogP contribution in [0.2, 0.25) is 0 Å². The summed E-state index contributed by atoms with van der Waals surface area (Å²) in [6.45, 7) is 0. The third-order valence-corrected chi connectivity index (χ3v) is 4.39. The van der Waals surface area contributed by atoms with Gasteiger partial charge in [-0.05, 0) is 28.8 Å². The Labute approximate surface area is 133 Å². The zero-order valence-corrected chi connectivity index (χ0v) is 12.5. The molecule has 0 fully saturated rings. The average Bonchev–Trinajstić information content (AvgIpc) is 3.12. The number of aliphatic hydroxyl groups is 1. The highest BCUT2D eigenvalue weighted by Crippen LogP contribution is 2.31. The lowest BCUT2D eigenvalue weighted by atomic mass is 10.1. The number of nitrogens with one attached hydrogen (secondary N) is 2. The molecule has 5 heteroatoms. The van der Waals surface area contributed by atoms with Gasteiger partial charge in [-0.25, -0.2) is 0 Å². The molecule has 3 N–H and O–H groups in total. The molecule has 1 aliphatic rings. The van der Waals surface area contributed by atoms with E-state index in [0.717, 1.165) is 27.6 Å². The van der Waals surface area contributed by atoms with E-state index in [1.807, 2.05) is 42.5 Å². The Hall–Kier alpha value is -2.66. The molecule has 1 aromatic heterocycles.